The van der Waals surface area contributed by atoms with E-state index in [0.29, 0.717) is 11.3 Å². The highest BCUT2D eigenvalue weighted by Crippen LogP contribution is 2.29. The van der Waals surface area contributed by atoms with Gasteiger partial charge in [-0.1, -0.05) is 12.1 Å². The number of nitrogens with zero attached hydrogens (tertiary/aromatic N) is 1. The fourth-order valence-corrected chi connectivity index (χ4v) is 3.46. The number of anilines is 1. The number of methoxy groups -OCH3 is 1. The molecule has 1 amide bonds. The standard InChI is InChI=1S/C17H19FN2O4S/c1-12(21)19-16-8-7-15(10-17(16)24-3)25(22,23)20(2)11-13-5-4-6-14(18)9-13/h4-10H,11H2,1-3H3,(H,19,21). The predicted molar refractivity (Wildman–Crippen MR) is 92.4 cm³/mol. The van der Waals surface area contributed by atoms with Crippen LogP contribution in [0.2, 0.25) is 0 Å². The van der Waals surface area contributed by atoms with Crippen molar-refractivity contribution < 1.29 is 22.3 Å². The summed E-state index contributed by atoms with van der Waals surface area (Å²) in [6.07, 6.45) is 0. The highest BCUT2D eigenvalue weighted by atomic mass is 32.2. The van der Waals surface area contributed by atoms with Crippen LogP contribution in [0, 0.1) is 5.82 Å². The van der Waals surface area contributed by atoms with E-state index in [1.165, 1.54) is 57.5 Å². The molecule has 0 atom stereocenters. The van der Waals surface area contributed by atoms with Crippen molar-refractivity contribution in [3.05, 3.63) is 53.8 Å². The molecule has 0 aliphatic carbocycles. The molecule has 0 heterocycles. The van der Waals surface area contributed by atoms with Crippen molar-refractivity contribution in [3.8, 4) is 5.75 Å². The quantitative estimate of drug-likeness (QED) is 0.853. The molecule has 0 bridgehead atoms. The number of amides is 1. The Morgan fingerprint density at radius 1 is 1.24 bits per heavy atom. The average molecular weight is 366 g/mol. The summed E-state index contributed by atoms with van der Waals surface area (Å²) in [6.45, 7) is 1.37. The van der Waals surface area contributed by atoms with Gasteiger partial charge in [0, 0.05) is 26.6 Å². The molecule has 8 heteroatoms. The van der Waals surface area contributed by atoms with E-state index in [0.717, 1.165) is 4.31 Å². The van der Waals surface area contributed by atoms with Crippen molar-refractivity contribution in [3.63, 3.8) is 0 Å². The number of sulfonamides is 1. The summed E-state index contributed by atoms with van der Waals surface area (Å²) < 4.78 is 45.0. The summed E-state index contributed by atoms with van der Waals surface area (Å²) >= 11 is 0. The first kappa shape index (κ1) is 18.9. The van der Waals surface area contributed by atoms with Crippen molar-refractivity contribution in [2.24, 2.45) is 0 Å². The number of nitrogens with one attached hydrogen (secondary N) is 1. The van der Waals surface area contributed by atoms with Crippen LogP contribution in [0.3, 0.4) is 0 Å². The third-order valence-electron chi connectivity index (χ3n) is 3.49. The molecule has 0 spiro atoms. The van der Waals surface area contributed by atoms with Gasteiger partial charge in [-0.3, -0.25) is 4.79 Å². The van der Waals surface area contributed by atoms with Gasteiger partial charge in [0.25, 0.3) is 0 Å². The zero-order valence-corrected chi connectivity index (χ0v) is 14.9. The summed E-state index contributed by atoms with van der Waals surface area (Å²) in [6, 6.07) is 9.93. The van der Waals surface area contributed by atoms with Gasteiger partial charge in [-0.25, -0.2) is 12.8 Å². The normalized spacial score (nSPS) is 11.4. The van der Waals surface area contributed by atoms with Crippen LogP contribution in [0.25, 0.3) is 0 Å². The van der Waals surface area contributed by atoms with Crippen molar-refractivity contribution in [2.75, 3.05) is 19.5 Å². The molecule has 0 unspecified atom stereocenters. The van der Waals surface area contributed by atoms with Gasteiger partial charge < -0.3 is 10.1 Å². The van der Waals surface area contributed by atoms with Crippen molar-refractivity contribution in [1.29, 1.82) is 0 Å². The Hall–Kier alpha value is -2.45. The number of carbonyl (C=O) groups is 1. The summed E-state index contributed by atoms with van der Waals surface area (Å²) in [5, 5.41) is 2.56. The molecular weight excluding hydrogens is 347 g/mol. The van der Waals surface area contributed by atoms with E-state index >= 15 is 0 Å². The minimum atomic E-state index is -3.81. The third kappa shape index (κ3) is 4.55. The minimum absolute atomic E-state index is 0.0114. The van der Waals surface area contributed by atoms with Gasteiger partial charge in [-0.2, -0.15) is 4.31 Å². The lowest BCUT2D eigenvalue weighted by Gasteiger charge is -2.18. The predicted octanol–water partition coefficient (Wildman–Crippen LogP) is 2.61. The number of rotatable bonds is 6. The maximum absolute atomic E-state index is 13.3. The summed E-state index contributed by atoms with van der Waals surface area (Å²) in [5.41, 5.74) is 0.912. The molecule has 1 N–H and O–H groups in total. The molecule has 25 heavy (non-hydrogen) atoms. The van der Waals surface area contributed by atoms with Crippen LogP contribution in [0.1, 0.15) is 12.5 Å². The summed E-state index contributed by atoms with van der Waals surface area (Å²) in [4.78, 5) is 11.2. The zero-order valence-electron chi connectivity index (χ0n) is 14.1. The van der Waals surface area contributed by atoms with E-state index in [1.54, 1.807) is 6.07 Å². The summed E-state index contributed by atoms with van der Waals surface area (Å²) in [5.74, 6) is -0.489. The fraction of sp³-hybridized carbons (Fsp3) is 0.235. The Kier molecular flexibility index (Phi) is 5.76. The van der Waals surface area contributed by atoms with E-state index in [4.69, 9.17) is 4.74 Å². The summed E-state index contributed by atoms with van der Waals surface area (Å²) in [7, 11) is -1.02. The maximum atomic E-state index is 13.3. The van der Waals surface area contributed by atoms with Crippen molar-refractivity contribution in [1.82, 2.24) is 4.31 Å². The number of hydrogen-bond acceptors (Lipinski definition) is 4. The van der Waals surface area contributed by atoms with E-state index < -0.39 is 15.8 Å². The molecule has 134 valence electrons. The van der Waals surface area contributed by atoms with Gasteiger partial charge >= 0.3 is 0 Å². The monoisotopic (exact) mass is 366 g/mol. The molecule has 0 fully saturated rings. The molecule has 2 rings (SSSR count). The maximum Gasteiger partial charge on any atom is 0.243 e. The Labute approximate surface area is 146 Å². The molecule has 0 saturated heterocycles. The lowest BCUT2D eigenvalue weighted by Crippen LogP contribution is -2.26. The van der Waals surface area contributed by atoms with Crippen LogP contribution in [-0.2, 0) is 21.4 Å². The second-order valence-corrected chi connectivity index (χ2v) is 7.48. The second kappa shape index (κ2) is 7.62. The molecule has 0 radical (unpaired) electrons. The van der Waals surface area contributed by atoms with Crippen molar-refractivity contribution in [2.45, 2.75) is 18.4 Å². The first-order valence-electron chi connectivity index (χ1n) is 7.40. The van der Waals surface area contributed by atoms with Gasteiger partial charge in [0.15, 0.2) is 0 Å². The molecule has 6 nitrogen and oxygen atoms in total. The first-order chi connectivity index (χ1) is 11.7. The molecule has 0 saturated carbocycles. The fourth-order valence-electron chi connectivity index (χ4n) is 2.28. The zero-order chi connectivity index (χ0) is 18.6. The Bertz CT molecular complexity index is 884. The van der Waals surface area contributed by atoms with Gasteiger partial charge in [0.05, 0.1) is 17.7 Å². The van der Waals surface area contributed by atoms with E-state index in [2.05, 4.69) is 5.32 Å². The Morgan fingerprint density at radius 2 is 1.96 bits per heavy atom. The Balaban J connectivity index is 2.30. The van der Waals surface area contributed by atoms with Gasteiger partial charge in [-0.15, -0.1) is 0 Å². The smallest absolute Gasteiger partial charge is 0.243 e. The van der Waals surface area contributed by atoms with Crippen LogP contribution in [0.5, 0.6) is 5.75 Å². The number of benzene rings is 2. The van der Waals surface area contributed by atoms with Crippen molar-refractivity contribution >= 4 is 21.6 Å². The van der Waals surface area contributed by atoms with Gasteiger partial charge in [0.2, 0.25) is 15.9 Å². The average Bonchev–Trinajstić information content (AvgIpc) is 2.54. The van der Waals surface area contributed by atoms with Crippen LogP contribution in [-0.4, -0.2) is 32.8 Å². The highest BCUT2D eigenvalue weighted by Gasteiger charge is 2.22. The Morgan fingerprint density at radius 3 is 2.56 bits per heavy atom. The van der Waals surface area contributed by atoms with E-state index in [1.807, 2.05) is 0 Å². The van der Waals surface area contributed by atoms with Crippen LogP contribution >= 0.6 is 0 Å². The highest BCUT2D eigenvalue weighted by molar-refractivity contribution is 7.89. The van der Waals surface area contributed by atoms with Crippen LogP contribution < -0.4 is 10.1 Å². The second-order valence-electron chi connectivity index (χ2n) is 5.43. The third-order valence-corrected chi connectivity index (χ3v) is 5.29. The topological polar surface area (TPSA) is 75.7 Å². The number of hydrogen-bond donors (Lipinski definition) is 1. The molecule has 0 aliphatic heterocycles. The van der Waals surface area contributed by atoms with Gasteiger partial charge in [-0.05, 0) is 29.8 Å². The first-order valence-corrected chi connectivity index (χ1v) is 8.84. The minimum Gasteiger partial charge on any atom is -0.495 e. The molecule has 0 aromatic heterocycles. The molecule has 2 aromatic carbocycles. The number of ether oxygens (including phenoxy) is 1. The largest absolute Gasteiger partial charge is 0.495 e. The van der Waals surface area contributed by atoms with E-state index in [9.17, 15) is 17.6 Å². The van der Waals surface area contributed by atoms with Crippen LogP contribution in [0.15, 0.2) is 47.4 Å². The molecule has 2 aromatic rings. The van der Waals surface area contributed by atoms with Gasteiger partial charge in [0.1, 0.15) is 11.6 Å². The number of halogens is 1. The molecule has 0 aliphatic rings. The van der Waals surface area contributed by atoms with Crippen LogP contribution in [0.4, 0.5) is 10.1 Å². The number of carbonyl (C=O) groups excluding carboxylic acids is 1. The lowest BCUT2D eigenvalue weighted by atomic mass is 10.2. The lowest BCUT2D eigenvalue weighted by molar-refractivity contribution is -0.114. The van der Waals surface area contributed by atoms with E-state index in [-0.39, 0.29) is 23.1 Å². The molecular formula is C17H19FN2O4S. The SMILES string of the molecule is COc1cc(S(=O)(=O)N(C)Cc2cccc(F)c2)ccc1NC(C)=O.